The molecule has 1 aromatic rings. The third kappa shape index (κ3) is 6.18. The number of amides is 1. The normalized spacial score (nSPS) is 14.9. The highest BCUT2D eigenvalue weighted by Crippen LogP contribution is 2.20. The van der Waals surface area contributed by atoms with Crippen molar-refractivity contribution in [2.24, 2.45) is 0 Å². The first-order valence-electron chi connectivity index (χ1n) is 10.0. The number of nitrogens with one attached hydrogen (secondary N) is 1. The molecule has 2 rings (SSSR count). The lowest BCUT2D eigenvalue weighted by Crippen LogP contribution is -2.32. The van der Waals surface area contributed by atoms with Gasteiger partial charge in [-0.2, -0.15) is 4.31 Å². The Morgan fingerprint density at radius 2 is 1.74 bits per heavy atom. The molecule has 27 heavy (non-hydrogen) atoms. The van der Waals surface area contributed by atoms with Gasteiger partial charge in [-0.25, -0.2) is 8.42 Å². The molecule has 0 saturated heterocycles. The Kier molecular flexibility index (Phi) is 8.51. The lowest BCUT2D eigenvalue weighted by atomic mass is 9.97. The lowest BCUT2D eigenvalue weighted by Gasteiger charge is -2.21. The molecule has 0 aromatic heterocycles. The second-order valence-electron chi connectivity index (χ2n) is 7.04. The van der Waals surface area contributed by atoms with Gasteiger partial charge in [0.2, 0.25) is 10.0 Å². The van der Waals surface area contributed by atoms with Crippen LogP contribution in [0.2, 0.25) is 0 Å². The number of carbonyl (C=O) groups is 1. The van der Waals surface area contributed by atoms with E-state index in [-0.39, 0.29) is 10.8 Å². The van der Waals surface area contributed by atoms with E-state index < -0.39 is 10.0 Å². The predicted octanol–water partition coefficient (Wildman–Crippen LogP) is 4.12. The summed E-state index contributed by atoms with van der Waals surface area (Å²) in [5.41, 5.74) is 1.92. The summed E-state index contributed by atoms with van der Waals surface area (Å²) in [6.45, 7) is 5.57. The zero-order valence-electron chi connectivity index (χ0n) is 16.5. The summed E-state index contributed by atoms with van der Waals surface area (Å²) < 4.78 is 27.0. The first-order valence-corrected chi connectivity index (χ1v) is 11.5. The zero-order valence-corrected chi connectivity index (χ0v) is 17.4. The molecule has 0 heterocycles. The molecule has 0 radical (unpaired) electrons. The fourth-order valence-corrected chi connectivity index (χ4v) is 4.97. The minimum absolute atomic E-state index is 0.158. The van der Waals surface area contributed by atoms with Crippen LogP contribution in [0.15, 0.2) is 40.8 Å². The molecule has 150 valence electrons. The van der Waals surface area contributed by atoms with Crippen LogP contribution in [0.5, 0.6) is 0 Å². The molecule has 1 aromatic carbocycles. The van der Waals surface area contributed by atoms with E-state index in [1.165, 1.54) is 34.9 Å². The Morgan fingerprint density at radius 1 is 1.07 bits per heavy atom. The number of nitrogens with zero attached hydrogens (tertiary/aromatic N) is 1. The SMILES string of the molecule is CCCN(CCC)S(=O)(=O)c1ccc(C(=O)NCCC2=CCCCC2)cc1. The lowest BCUT2D eigenvalue weighted by molar-refractivity contribution is 0.0954. The van der Waals surface area contributed by atoms with Crippen molar-refractivity contribution in [2.75, 3.05) is 19.6 Å². The van der Waals surface area contributed by atoms with Crippen LogP contribution in [0, 0.1) is 0 Å². The number of benzene rings is 1. The number of sulfonamides is 1. The van der Waals surface area contributed by atoms with Crippen LogP contribution in [0.1, 0.15) is 69.2 Å². The fourth-order valence-electron chi connectivity index (χ4n) is 3.35. The largest absolute Gasteiger partial charge is 0.352 e. The van der Waals surface area contributed by atoms with E-state index in [2.05, 4.69) is 11.4 Å². The smallest absolute Gasteiger partial charge is 0.251 e. The van der Waals surface area contributed by atoms with Gasteiger partial charge in [-0.1, -0.05) is 25.5 Å². The third-order valence-electron chi connectivity index (χ3n) is 4.82. The molecule has 0 bridgehead atoms. The Balaban J connectivity index is 1.96. The molecule has 0 saturated carbocycles. The van der Waals surface area contributed by atoms with Gasteiger partial charge >= 0.3 is 0 Å². The van der Waals surface area contributed by atoms with E-state index in [1.807, 2.05) is 13.8 Å². The van der Waals surface area contributed by atoms with Crippen LogP contribution in [0.4, 0.5) is 0 Å². The molecule has 6 heteroatoms. The number of rotatable bonds is 10. The maximum Gasteiger partial charge on any atom is 0.251 e. The molecule has 0 unspecified atom stereocenters. The van der Waals surface area contributed by atoms with Crippen LogP contribution in [-0.2, 0) is 10.0 Å². The molecule has 5 nitrogen and oxygen atoms in total. The van der Waals surface area contributed by atoms with Crippen molar-refractivity contribution in [1.82, 2.24) is 9.62 Å². The standard InChI is InChI=1S/C21H32N2O3S/c1-3-16-23(17-4-2)27(25,26)20-12-10-19(11-13-20)21(24)22-15-14-18-8-6-5-7-9-18/h8,10-13H,3-7,9,14-17H2,1-2H3,(H,22,24). The maximum atomic E-state index is 12.8. The Bertz CT molecular complexity index is 733. The van der Waals surface area contributed by atoms with Gasteiger partial charge < -0.3 is 5.32 Å². The average molecular weight is 393 g/mol. The highest BCUT2D eigenvalue weighted by atomic mass is 32.2. The van der Waals surface area contributed by atoms with E-state index in [1.54, 1.807) is 12.1 Å². The summed E-state index contributed by atoms with van der Waals surface area (Å²) in [5, 5.41) is 2.93. The van der Waals surface area contributed by atoms with E-state index in [4.69, 9.17) is 0 Å². The van der Waals surface area contributed by atoms with E-state index >= 15 is 0 Å². The van der Waals surface area contributed by atoms with Gasteiger partial charge in [-0.15, -0.1) is 0 Å². The van der Waals surface area contributed by atoms with Crippen molar-refractivity contribution in [3.8, 4) is 0 Å². The molecule has 1 aliphatic carbocycles. The van der Waals surface area contributed by atoms with Gasteiger partial charge in [0, 0.05) is 25.2 Å². The maximum absolute atomic E-state index is 12.8. The van der Waals surface area contributed by atoms with Crippen molar-refractivity contribution >= 4 is 15.9 Å². The van der Waals surface area contributed by atoms with Crippen molar-refractivity contribution in [2.45, 2.75) is 63.7 Å². The van der Waals surface area contributed by atoms with Gasteiger partial charge in [0.25, 0.3) is 5.91 Å². The van der Waals surface area contributed by atoms with Gasteiger partial charge in [0.15, 0.2) is 0 Å². The average Bonchev–Trinajstić information content (AvgIpc) is 2.68. The zero-order chi connectivity index (χ0) is 19.7. The molecule has 0 fully saturated rings. The van der Waals surface area contributed by atoms with Crippen LogP contribution < -0.4 is 5.32 Å². The Hall–Kier alpha value is -1.66. The first-order chi connectivity index (χ1) is 13.0. The minimum Gasteiger partial charge on any atom is -0.352 e. The topological polar surface area (TPSA) is 66.5 Å². The summed E-state index contributed by atoms with van der Waals surface area (Å²) in [4.78, 5) is 12.5. The Labute approximate surface area is 163 Å². The van der Waals surface area contributed by atoms with Crippen molar-refractivity contribution < 1.29 is 13.2 Å². The number of carbonyl (C=O) groups excluding carboxylic acids is 1. The highest BCUT2D eigenvalue weighted by Gasteiger charge is 2.23. The van der Waals surface area contributed by atoms with Crippen molar-refractivity contribution in [3.63, 3.8) is 0 Å². The molecular weight excluding hydrogens is 360 g/mol. The van der Waals surface area contributed by atoms with E-state index in [0.29, 0.717) is 25.2 Å². The second-order valence-corrected chi connectivity index (χ2v) is 8.98. The molecule has 1 amide bonds. The molecule has 1 N–H and O–H groups in total. The first kappa shape index (κ1) is 21.6. The quantitative estimate of drug-likeness (QED) is 0.609. The summed E-state index contributed by atoms with van der Waals surface area (Å²) >= 11 is 0. The molecule has 1 aliphatic rings. The van der Waals surface area contributed by atoms with Gasteiger partial charge in [-0.3, -0.25) is 4.79 Å². The number of hydrogen-bond donors (Lipinski definition) is 1. The molecule has 0 aliphatic heterocycles. The van der Waals surface area contributed by atoms with E-state index in [0.717, 1.165) is 32.1 Å². The summed E-state index contributed by atoms with van der Waals surface area (Å²) in [5.74, 6) is -0.158. The predicted molar refractivity (Wildman–Crippen MR) is 109 cm³/mol. The molecule has 0 atom stereocenters. The Morgan fingerprint density at radius 3 is 2.30 bits per heavy atom. The molecule has 0 spiro atoms. The summed E-state index contributed by atoms with van der Waals surface area (Å²) in [6.07, 6.45) is 9.50. The van der Waals surface area contributed by atoms with Crippen molar-refractivity contribution in [1.29, 1.82) is 0 Å². The number of hydrogen-bond acceptors (Lipinski definition) is 3. The van der Waals surface area contributed by atoms with Crippen LogP contribution >= 0.6 is 0 Å². The van der Waals surface area contributed by atoms with Crippen LogP contribution in [0.25, 0.3) is 0 Å². The second kappa shape index (κ2) is 10.6. The number of allylic oxidation sites excluding steroid dienone is 1. The summed E-state index contributed by atoms with van der Waals surface area (Å²) in [6, 6.07) is 6.26. The van der Waals surface area contributed by atoms with Crippen molar-refractivity contribution in [3.05, 3.63) is 41.5 Å². The van der Waals surface area contributed by atoms with Crippen LogP contribution in [-0.4, -0.2) is 38.3 Å². The van der Waals surface area contributed by atoms with Gasteiger partial charge in [-0.05, 0) is 69.2 Å². The monoisotopic (exact) mass is 392 g/mol. The molecular formula is C21H32N2O3S. The van der Waals surface area contributed by atoms with Gasteiger partial charge in [0.05, 0.1) is 4.90 Å². The van der Waals surface area contributed by atoms with Gasteiger partial charge in [0.1, 0.15) is 0 Å². The highest BCUT2D eigenvalue weighted by molar-refractivity contribution is 7.89. The summed E-state index contributed by atoms with van der Waals surface area (Å²) in [7, 11) is -3.51. The van der Waals surface area contributed by atoms with E-state index in [9.17, 15) is 13.2 Å². The van der Waals surface area contributed by atoms with Crippen LogP contribution in [0.3, 0.4) is 0 Å². The fraction of sp³-hybridized carbons (Fsp3) is 0.571. The third-order valence-corrected chi connectivity index (χ3v) is 6.73. The minimum atomic E-state index is -3.51.